The Morgan fingerprint density at radius 2 is 2.00 bits per heavy atom. The molecule has 0 aromatic rings. The standard InChI is InChI=1S/C12H17NO/c1-12(2,3)9-6-8-4-5-13-10(8)7-11(9)14/h4-8,10,13-14H,1-3H3. The van der Waals surface area contributed by atoms with Gasteiger partial charge in [-0.3, -0.25) is 0 Å². The quantitative estimate of drug-likeness (QED) is 0.616. The summed E-state index contributed by atoms with van der Waals surface area (Å²) in [7, 11) is 0. The first-order valence-electron chi connectivity index (χ1n) is 5.04. The Morgan fingerprint density at radius 1 is 1.29 bits per heavy atom. The predicted molar refractivity (Wildman–Crippen MR) is 57.8 cm³/mol. The summed E-state index contributed by atoms with van der Waals surface area (Å²) in [6.07, 6.45) is 8.17. The number of fused-ring (bicyclic) bond motifs is 1. The molecule has 0 aromatic carbocycles. The van der Waals surface area contributed by atoms with Gasteiger partial charge in [-0.1, -0.05) is 32.9 Å². The van der Waals surface area contributed by atoms with Crippen molar-refractivity contribution in [2.75, 3.05) is 0 Å². The Bertz CT molecular complexity index is 331. The van der Waals surface area contributed by atoms with Crippen molar-refractivity contribution in [2.24, 2.45) is 11.3 Å². The van der Waals surface area contributed by atoms with Crippen LogP contribution in [0.4, 0.5) is 0 Å². The van der Waals surface area contributed by atoms with Gasteiger partial charge in [0.05, 0.1) is 6.04 Å². The molecule has 2 nitrogen and oxygen atoms in total. The number of nitrogens with one attached hydrogen (secondary N) is 1. The monoisotopic (exact) mass is 191 g/mol. The van der Waals surface area contributed by atoms with Crippen LogP contribution in [0.15, 0.2) is 35.8 Å². The van der Waals surface area contributed by atoms with E-state index in [1.807, 2.05) is 12.3 Å². The van der Waals surface area contributed by atoms with Crippen LogP contribution in [0.1, 0.15) is 20.8 Å². The molecule has 0 amide bonds. The van der Waals surface area contributed by atoms with Gasteiger partial charge in [-0.25, -0.2) is 0 Å². The van der Waals surface area contributed by atoms with Gasteiger partial charge >= 0.3 is 0 Å². The second kappa shape index (κ2) is 2.91. The van der Waals surface area contributed by atoms with Crippen LogP contribution in [-0.2, 0) is 0 Å². The largest absolute Gasteiger partial charge is 0.508 e. The van der Waals surface area contributed by atoms with E-state index in [4.69, 9.17) is 0 Å². The molecule has 1 aliphatic heterocycles. The van der Waals surface area contributed by atoms with Crippen LogP contribution in [0.2, 0.25) is 0 Å². The highest BCUT2D eigenvalue weighted by Gasteiger charge is 2.30. The number of aliphatic hydroxyl groups excluding tert-OH is 1. The molecule has 0 saturated carbocycles. The van der Waals surface area contributed by atoms with E-state index in [2.05, 4.69) is 38.2 Å². The summed E-state index contributed by atoms with van der Waals surface area (Å²) in [6.45, 7) is 6.36. The highest BCUT2D eigenvalue weighted by atomic mass is 16.3. The van der Waals surface area contributed by atoms with E-state index in [1.165, 1.54) is 0 Å². The van der Waals surface area contributed by atoms with Gasteiger partial charge in [0.25, 0.3) is 0 Å². The zero-order valence-electron chi connectivity index (χ0n) is 8.91. The molecule has 0 radical (unpaired) electrons. The van der Waals surface area contributed by atoms with Crippen LogP contribution in [-0.4, -0.2) is 11.1 Å². The molecule has 2 rings (SSSR count). The van der Waals surface area contributed by atoms with Crippen LogP contribution < -0.4 is 5.32 Å². The van der Waals surface area contributed by atoms with Crippen molar-refractivity contribution < 1.29 is 5.11 Å². The Balaban J connectivity index is 2.34. The van der Waals surface area contributed by atoms with E-state index < -0.39 is 0 Å². The van der Waals surface area contributed by atoms with Gasteiger partial charge in [0.2, 0.25) is 0 Å². The van der Waals surface area contributed by atoms with Crippen LogP contribution >= 0.6 is 0 Å². The van der Waals surface area contributed by atoms with E-state index in [0.29, 0.717) is 11.7 Å². The van der Waals surface area contributed by atoms with E-state index in [9.17, 15) is 5.11 Å². The fourth-order valence-corrected chi connectivity index (χ4v) is 2.00. The maximum absolute atomic E-state index is 9.88. The third kappa shape index (κ3) is 1.45. The average Bonchev–Trinajstić information content (AvgIpc) is 2.47. The highest BCUT2D eigenvalue weighted by Crippen LogP contribution is 2.36. The minimum atomic E-state index is 0.0159. The summed E-state index contributed by atoms with van der Waals surface area (Å²) < 4.78 is 0. The summed E-state index contributed by atoms with van der Waals surface area (Å²) >= 11 is 0. The van der Waals surface area contributed by atoms with Crippen molar-refractivity contribution in [3.05, 3.63) is 35.8 Å². The van der Waals surface area contributed by atoms with Gasteiger partial charge < -0.3 is 10.4 Å². The van der Waals surface area contributed by atoms with E-state index >= 15 is 0 Å². The molecule has 2 N–H and O–H groups in total. The fraction of sp³-hybridized carbons (Fsp3) is 0.500. The van der Waals surface area contributed by atoms with Crippen molar-refractivity contribution in [1.29, 1.82) is 0 Å². The lowest BCUT2D eigenvalue weighted by Crippen LogP contribution is -2.29. The number of aliphatic hydroxyl groups is 1. The minimum Gasteiger partial charge on any atom is -0.508 e. The molecule has 2 atom stereocenters. The molecule has 76 valence electrons. The van der Waals surface area contributed by atoms with Crippen molar-refractivity contribution >= 4 is 0 Å². The van der Waals surface area contributed by atoms with Gasteiger partial charge in [-0.2, -0.15) is 0 Å². The molecular weight excluding hydrogens is 174 g/mol. The third-order valence-corrected chi connectivity index (χ3v) is 2.80. The third-order valence-electron chi connectivity index (χ3n) is 2.80. The molecule has 0 bridgehead atoms. The minimum absolute atomic E-state index is 0.0159. The lowest BCUT2D eigenvalue weighted by Gasteiger charge is -2.29. The molecule has 0 aromatic heterocycles. The van der Waals surface area contributed by atoms with Gasteiger partial charge in [-0.15, -0.1) is 0 Å². The second-order valence-corrected chi connectivity index (χ2v) is 5.01. The summed E-state index contributed by atoms with van der Waals surface area (Å²) in [5.41, 5.74) is 1.06. The number of hydrogen-bond donors (Lipinski definition) is 2. The van der Waals surface area contributed by atoms with Gasteiger partial charge in [-0.05, 0) is 23.3 Å². The molecule has 2 aliphatic rings. The van der Waals surface area contributed by atoms with Crippen molar-refractivity contribution in [1.82, 2.24) is 5.32 Å². The maximum atomic E-state index is 9.88. The molecule has 2 heteroatoms. The first kappa shape index (κ1) is 9.38. The molecule has 0 saturated heterocycles. The van der Waals surface area contributed by atoms with E-state index in [0.717, 1.165) is 5.57 Å². The molecule has 0 spiro atoms. The molecule has 1 heterocycles. The molecule has 1 aliphatic carbocycles. The molecule has 14 heavy (non-hydrogen) atoms. The number of allylic oxidation sites excluding steroid dienone is 1. The maximum Gasteiger partial charge on any atom is 0.117 e. The highest BCUT2D eigenvalue weighted by molar-refractivity contribution is 5.39. The Kier molecular flexibility index (Phi) is 1.95. The lowest BCUT2D eigenvalue weighted by molar-refractivity contribution is 0.363. The summed E-state index contributed by atoms with van der Waals surface area (Å²) in [6, 6.07) is 0.251. The summed E-state index contributed by atoms with van der Waals surface area (Å²) in [5, 5.41) is 13.1. The Morgan fingerprint density at radius 3 is 2.64 bits per heavy atom. The van der Waals surface area contributed by atoms with Crippen LogP contribution in [0, 0.1) is 11.3 Å². The van der Waals surface area contributed by atoms with Crippen LogP contribution in [0.25, 0.3) is 0 Å². The predicted octanol–water partition coefficient (Wildman–Crippen LogP) is 2.52. The topological polar surface area (TPSA) is 32.3 Å². The number of hydrogen-bond acceptors (Lipinski definition) is 2. The van der Waals surface area contributed by atoms with Crippen LogP contribution in [0.5, 0.6) is 0 Å². The summed E-state index contributed by atoms with van der Waals surface area (Å²) in [4.78, 5) is 0. The Hall–Kier alpha value is -1.18. The smallest absolute Gasteiger partial charge is 0.117 e. The zero-order chi connectivity index (χ0) is 10.3. The summed E-state index contributed by atoms with van der Waals surface area (Å²) in [5.74, 6) is 0.829. The fourth-order valence-electron chi connectivity index (χ4n) is 2.00. The lowest BCUT2D eigenvalue weighted by atomic mass is 9.79. The average molecular weight is 191 g/mol. The normalized spacial score (nSPS) is 30.5. The van der Waals surface area contributed by atoms with Gasteiger partial charge in [0.15, 0.2) is 0 Å². The van der Waals surface area contributed by atoms with Gasteiger partial charge in [0, 0.05) is 5.92 Å². The zero-order valence-corrected chi connectivity index (χ0v) is 8.91. The van der Waals surface area contributed by atoms with E-state index in [-0.39, 0.29) is 11.5 Å². The van der Waals surface area contributed by atoms with Gasteiger partial charge in [0.1, 0.15) is 5.76 Å². The van der Waals surface area contributed by atoms with Crippen LogP contribution in [0.3, 0.4) is 0 Å². The first-order valence-corrected chi connectivity index (χ1v) is 5.04. The SMILES string of the molecule is CC(C)(C)C1=CC2C=CNC2C=C1O. The van der Waals surface area contributed by atoms with Crippen molar-refractivity contribution in [2.45, 2.75) is 26.8 Å². The van der Waals surface area contributed by atoms with Crippen molar-refractivity contribution in [3.63, 3.8) is 0 Å². The molecule has 2 unspecified atom stereocenters. The molecular formula is C12H17NO. The van der Waals surface area contributed by atoms with E-state index in [1.54, 1.807) is 0 Å². The van der Waals surface area contributed by atoms with Crippen molar-refractivity contribution in [3.8, 4) is 0 Å². The number of rotatable bonds is 0. The first-order chi connectivity index (χ1) is 6.48. The Labute approximate surface area is 85.0 Å². The molecule has 0 fully saturated rings. The second-order valence-electron chi connectivity index (χ2n) is 5.01.